The Labute approximate surface area is 155 Å². The molecule has 0 saturated carbocycles. The van der Waals surface area contributed by atoms with Gasteiger partial charge in [0.1, 0.15) is 17.8 Å². The average Bonchev–Trinajstić information content (AvgIpc) is 3.13. The third-order valence-corrected chi connectivity index (χ3v) is 5.72. The van der Waals surface area contributed by atoms with Crippen molar-refractivity contribution in [2.75, 3.05) is 7.05 Å². The van der Waals surface area contributed by atoms with E-state index in [1.54, 1.807) is 24.3 Å². The maximum absolute atomic E-state index is 13.2. The molecule has 2 heterocycles. The largest absolute Gasteiger partial charge is 0.339 e. The molecule has 27 heavy (non-hydrogen) atoms. The Hall–Kier alpha value is -3.10. The second-order valence-corrected chi connectivity index (χ2v) is 7.79. The second kappa shape index (κ2) is 6.57. The van der Waals surface area contributed by atoms with Crippen LogP contribution in [0.4, 0.5) is 4.39 Å². The van der Waals surface area contributed by atoms with Crippen molar-refractivity contribution in [2.24, 2.45) is 0 Å². The summed E-state index contributed by atoms with van der Waals surface area (Å²) in [6.07, 6.45) is 1.45. The van der Waals surface area contributed by atoms with Crippen LogP contribution in [0.2, 0.25) is 0 Å². The van der Waals surface area contributed by atoms with E-state index in [2.05, 4.69) is 19.7 Å². The lowest BCUT2D eigenvalue weighted by atomic mass is 10.1. The molecule has 2 N–H and O–H groups in total. The van der Waals surface area contributed by atoms with Crippen LogP contribution in [-0.2, 0) is 10.0 Å². The van der Waals surface area contributed by atoms with Crippen molar-refractivity contribution in [1.29, 1.82) is 0 Å². The number of rotatable bonds is 4. The fraction of sp³-hybridized carbons (Fsp3) is 0.0526. The number of sulfonamides is 1. The van der Waals surface area contributed by atoms with Gasteiger partial charge in [-0.1, -0.05) is 12.1 Å². The Morgan fingerprint density at radius 2 is 1.63 bits per heavy atom. The molecule has 4 rings (SSSR count). The van der Waals surface area contributed by atoms with E-state index >= 15 is 0 Å². The molecule has 6 nitrogen and oxygen atoms in total. The van der Waals surface area contributed by atoms with E-state index in [1.807, 2.05) is 6.07 Å². The number of H-pyrrole nitrogens is 1. The molecule has 0 aliphatic carbocycles. The van der Waals surface area contributed by atoms with Gasteiger partial charge >= 0.3 is 0 Å². The summed E-state index contributed by atoms with van der Waals surface area (Å²) in [5.41, 5.74) is 3.71. The number of aromatic amines is 1. The quantitative estimate of drug-likeness (QED) is 0.567. The van der Waals surface area contributed by atoms with Crippen molar-refractivity contribution in [3.05, 3.63) is 66.7 Å². The van der Waals surface area contributed by atoms with Crippen LogP contribution in [0.25, 0.3) is 33.5 Å². The van der Waals surface area contributed by atoms with E-state index in [1.165, 1.54) is 37.6 Å². The monoisotopic (exact) mass is 382 g/mol. The van der Waals surface area contributed by atoms with Gasteiger partial charge in [-0.15, -0.1) is 0 Å². The molecule has 0 amide bonds. The molecule has 0 spiro atoms. The number of hydrogen-bond acceptors (Lipinski definition) is 4. The summed E-state index contributed by atoms with van der Waals surface area (Å²) >= 11 is 0. The molecule has 0 atom stereocenters. The zero-order valence-corrected chi connectivity index (χ0v) is 15.1. The van der Waals surface area contributed by atoms with E-state index in [0.29, 0.717) is 11.3 Å². The Bertz CT molecular complexity index is 1220. The molecule has 2 aromatic heterocycles. The number of aromatic nitrogens is 3. The van der Waals surface area contributed by atoms with E-state index in [4.69, 9.17) is 0 Å². The van der Waals surface area contributed by atoms with E-state index in [0.717, 1.165) is 22.2 Å². The van der Waals surface area contributed by atoms with Crippen molar-refractivity contribution in [3.8, 4) is 22.5 Å². The predicted octanol–water partition coefficient (Wildman–Crippen LogP) is 3.34. The van der Waals surface area contributed by atoms with Gasteiger partial charge in [-0.05, 0) is 55.1 Å². The van der Waals surface area contributed by atoms with Crippen LogP contribution in [0.1, 0.15) is 0 Å². The molecule has 0 unspecified atom stereocenters. The maximum atomic E-state index is 13.2. The first-order chi connectivity index (χ1) is 13.0. The van der Waals surface area contributed by atoms with Gasteiger partial charge in [0, 0.05) is 16.6 Å². The zero-order chi connectivity index (χ0) is 19.0. The van der Waals surface area contributed by atoms with Crippen LogP contribution < -0.4 is 4.72 Å². The lowest BCUT2D eigenvalue weighted by molar-refractivity contribution is 0.588. The molecular formula is C19H15FN4O2S. The number of hydrogen-bond donors (Lipinski definition) is 2. The molecule has 0 radical (unpaired) electrons. The summed E-state index contributed by atoms with van der Waals surface area (Å²) < 4.78 is 39.2. The van der Waals surface area contributed by atoms with Gasteiger partial charge < -0.3 is 4.98 Å². The van der Waals surface area contributed by atoms with Crippen LogP contribution in [-0.4, -0.2) is 30.4 Å². The first-order valence-electron chi connectivity index (χ1n) is 8.11. The summed E-state index contributed by atoms with van der Waals surface area (Å²) in [6, 6.07) is 14.5. The zero-order valence-electron chi connectivity index (χ0n) is 14.3. The highest BCUT2D eigenvalue weighted by atomic mass is 32.2. The third-order valence-electron chi connectivity index (χ3n) is 4.29. The molecule has 2 aromatic carbocycles. The van der Waals surface area contributed by atoms with Crippen LogP contribution in [0.5, 0.6) is 0 Å². The maximum Gasteiger partial charge on any atom is 0.240 e. The number of nitrogens with zero attached hydrogens (tertiary/aromatic N) is 2. The molecule has 136 valence electrons. The Balaban J connectivity index is 1.79. The van der Waals surface area contributed by atoms with Gasteiger partial charge in [0.05, 0.1) is 10.6 Å². The molecule has 0 bridgehead atoms. The summed E-state index contributed by atoms with van der Waals surface area (Å²) in [4.78, 5) is 12.0. The highest BCUT2D eigenvalue weighted by Gasteiger charge is 2.14. The summed E-state index contributed by atoms with van der Waals surface area (Å²) in [5.74, 6) is -0.299. The van der Waals surface area contributed by atoms with Crippen molar-refractivity contribution >= 4 is 21.1 Å². The lowest BCUT2D eigenvalue weighted by Gasteiger charge is -2.05. The second-order valence-electron chi connectivity index (χ2n) is 5.91. The van der Waals surface area contributed by atoms with Crippen molar-refractivity contribution in [1.82, 2.24) is 19.7 Å². The fourth-order valence-electron chi connectivity index (χ4n) is 2.86. The SMILES string of the molecule is CNS(=O)(=O)c1ccc(-c2ncnc3[nH]c(-c4ccc(F)cc4)cc23)cc1. The summed E-state index contributed by atoms with van der Waals surface area (Å²) in [5, 5.41) is 0.793. The number of fused-ring (bicyclic) bond motifs is 1. The standard InChI is InChI=1S/C19H15FN4O2S/c1-21-27(25,26)15-8-4-13(5-9-15)18-16-10-17(24-19(16)23-11-22-18)12-2-6-14(20)7-3-12/h2-11,21H,1H3,(H,22,23,24). The van der Waals surface area contributed by atoms with Gasteiger partial charge in [0.2, 0.25) is 10.0 Å². The van der Waals surface area contributed by atoms with Crippen molar-refractivity contribution in [3.63, 3.8) is 0 Å². The lowest BCUT2D eigenvalue weighted by Crippen LogP contribution is -2.18. The van der Waals surface area contributed by atoms with Crippen LogP contribution >= 0.6 is 0 Å². The van der Waals surface area contributed by atoms with Crippen molar-refractivity contribution in [2.45, 2.75) is 4.90 Å². The molecule has 0 aliphatic heterocycles. The molecule has 8 heteroatoms. The van der Waals surface area contributed by atoms with Crippen LogP contribution in [0.15, 0.2) is 65.8 Å². The van der Waals surface area contributed by atoms with Gasteiger partial charge in [0.25, 0.3) is 0 Å². The first kappa shape index (κ1) is 17.3. The molecular weight excluding hydrogens is 367 g/mol. The molecule has 0 saturated heterocycles. The smallest absolute Gasteiger partial charge is 0.240 e. The summed E-state index contributed by atoms with van der Waals surface area (Å²) in [6.45, 7) is 0. The molecule has 0 fully saturated rings. The van der Waals surface area contributed by atoms with Gasteiger partial charge in [0.15, 0.2) is 0 Å². The van der Waals surface area contributed by atoms with E-state index < -0.39 is 10.0 Å². The highest BCUT2D eigenvalue weighted by molar-refractivity contribution is 7.89. The molecule has 0 aliphatic rings. The average molecular weight is 382 g/mol. The predicted molar refractivity (Wildman–Crippen MR) is 101 cm³/mol. The molecule has 4 aromatic rings. The topological polar surface area (TPSA) is 87.7 Å². The van der Waals surface area contributed by atoms with Gasteiger partial charge in [-0.3, -0.25) is 0 Å². The Kier molecular flexibility index (Phi) is 4.21. The van der Waals surface area contributed by atoms with E-state index in [-0.39, 0.29) is 10.7 Å². The van der Waals surface area contributed by atoms with Gasteiger partial charge in [-0.25, -0.2) is 27.5 Å². The number of halogens is 1. The fourth-order valence-corrected chi connectivity index (χ4v) is 3.59. The minimum absolute atomic E-state index is 0.181. The van der Waals surface area contributed by atoms with Gasteiger partial charge in [-0.2, -0.15) is 0 Å². The minimum atomic E-state index is -3.49. The third kappa shape index (κ3) is 3.20. The van der Waals surface area contributed by atoms with Crippen LogP contribution in [0.3, 0.4) is 0 Å². The Morgan fingerprint density at radius 1 is 0.963 bits per heavy atom. The normalized spacial score (nSPS) is 11.8. The number of nitrogens with one attached hydrogen (secondary N) is 2. The van der Waals surface area contributed by atoms with E-state index in [9.17, 15) is 12.8 Å². The number of benzene rings is 2. The highest BCUT2D eigenvalue weighted by Crippen LogP contribution is 2.30. The van der Waals surface area contributed by atoms with Crippen LogP contribution in [0, 0.1) is 5.82 Å². The first-order valence-corrected chi connectivity index (χ1v) is 9.60. The van der Waals surface area contributed by atoms with Crippen molar-refractivity contribution < 1.29 is 12.8 Å². The Morgan fingerprint density at radius 3 is 2.30 bits per heavy atom. The summed E-state index contributed by atoms with van der Waals surface area (Å²) in [7, 11) is -2.13. The minimum Gasteiger partial charge on any atom is -0.339 e.